The number of aromatic nitrogens is 2. The fourth-order valence-electron chi connectivity index (χ4n) is 4.54. The third-order valence-corrected chi connectivity index (χ3v) is 6.49. The molecular weight excluding hydrogens is 454 g/mol. The molecule has 8 heteroatoms. The highest BCUT2D eigenvalue weighted by Crippen LogP contribution is 2.23. The zero-order valence-electron chi connectivity index (χ0n) is 20.7. The number of nitrogens with zero attached hydrogens (tertiary/aromatic N) is 4. The van der Waals surface area contributed by atoms with E-state index in [4.69, 9.17) is 10.5 Å². The first-order valence-corrected chi connectivity index (χ1v) is 12.5. The van der Waals surface area contributed by atoms with Crippen LogP contribution < -0.4 is 10.5 Å². The lowest BCUT2D eigenvalue weighted by Crippen LogP contribution is -2.46. The van der Waals surface area contributed by atoms with Gasteiger partial charge in [0.05, 0.1) is 11.6 Å². The van der Waals surface area contributed by atoms with E-state index in [2.05, 4.69) is 9.97 Å². The average molecular weight is 488 g/mol. The Bertz CT molecular complexity index is 1170. The van der Waals surface area contributed by atoms with Crippen LogP contribution in [0.3, 0.4) is 0 Å². The van der Waals surface area contributed by atoms with Crippen molar-refractivity contribution in [2.45, 2.75) is 38.6 Å². The molecule has 0 bridgehead atoms. The van der Waals surface area contributed by atoms with Crippen molar-refractivity contribution in [1.82, 2.24) is 19.8 Å². The normalized spacial score (nSPS) is 17.2. The maximum Gasteiger partial charge on any atom is 0.276 e. The fraction of sp³-hybridized carbons (Fsp3) is 0.357. The Balaban J connectivity index is 1.71. The van der Waals surface area contributed by atoms with E-state index in [1.54, 1.807) is 6.07 Å². The van der Waals surface area contributed by atoms with Crippen molar-refractivity contribution in [3.05, 3.63) is 83.8 Å². The summed E-state index contributed by atoms with van der Waals surface area (Å²) in [5, 5.41) is 0. The smallest absolute Gasteiger partial charge is 0.276 e. The summed E-state index contributed by atoms with van der Waals surface area (Å²) < 4.78 is 6.29. The lowest BCUT2D eigenvalue weighted by Gasteiger charge is -2.32. The number of para-hydroxylation sites is 1. The molecule has 0 aliphatic carbocycles. The van der Waals surface area contributed by atoms with Crippen LogP contribution in [0, 0.1) is 0 Å². The summed E-state index contributed by atoms with van der Waals surface area (Å²) in [5.41, 5.74) is 7.80. The summed E-state index contributed by atoms with van der Waals surface area (Å²) in [7, 11) is 0. The van der Waals surface area contributed by atoms with Crippen molar-refractivity contribution >= 4 is 17.6 Å². The van der Waals surface area contributed by atoms with Crippen molar-refractivity contribution in [2.75, 3.05) is 32.0 Å². The monoisotopic (exact) mass is 487 g/mol. The van der Waals surface area contributed by atoms with Gasteiger partial charge in [0.2, 0.25) is 0 Å². The molecule has 0 fully saturated rings. The van der Waals surface area contributed by atoms with Crippen LogP contribution in [0.15, 0.2) is 67.0 Å². The number of anilines is 1. The topological polar surface area (TPSA) is 102 Å². The Morgan fingerprint density at radius 1 is 1.00 bits per heavy atom. The van der Waals surface area contributed by atoms with Crippen LogP contribution in [0.4, 0.5) is 5.82 Å². The molecule has 0 unspecified atom stereocenters. The molecule has 0 spiro atoms. The van der Waals surface area contributed by atoms with E-state index < -0.39 is 0 Å². The first kappa shape index (κ1) is 25.2. The zero-order chi connectivity index (χ0) is 25.3. The van der Waals surface area contributed by atoms with E-state index in [-0.39, 0.29) is 36.0 Å². The highest BCUT2D eigenvalue weighted by molar-refractivity contribution is 5.97. The quantitative estimate of drug-likeness (QED) is 0.600. The Labute approximate surface area is 212 Å². The highest BCUT2D eigenvalue weighted by atomic mass is 16.5. The molecule has 1 aliphatic heterocycles. The number of ether oxygens (including phenoxy) is 1. The Kier molecular flexibility index (Phi) is 8.49. The molecule has 188 valence electrons. The first-order chi connectivity index (χ1) is 17.6. The number of amides is 2. The number of hydrogen-bond donors (Lipinski definition) is 1. The predicted octanol–water partition coefficient (Wildman–Crippen LogP) is 3.84. The zero-order valence-corrected chi connectivity index (χ0v) is 20.7. The molecule has 2 amide bonds. The minimum atomic E-state index is -0.299. The molecular formula is C28H33N5O3. The SMILES string of the molecule is CCN1CCCCCN(C(=O)c2nccnc2N)[C@@H](Cc2ccccc2)COc2ccccc2C1=O. The van der Waals surface area contributed by atoms with Crippen molar-refractivity contribution in [3.63, 3.8) is 0 Å². The lowest BCUT2D eigenvalue weighted by molar-refractivity contribution is 0.0600. The van der Waals surface area contributed by atoms with Crippen LogP contribution in [0.2, 0.25) is 0 Å². The van der Waals surface area contributed by atoms with Crippen LogP contribution >= 0.6 is 0 Å². The molecule has 0 saturated heterocycles. The molecule has 1 atom stereocenters. The molecule has 4 rings (SSSR count). The van der Waals surface area contributed by atoms with Crippen LogP contribution in [-0.4, -0.2) is 63.9 Å². The second-order valence-corrected chi connectivity index (χ2v) is 8.88. The number of nitrogen functional groups attached to an aromatic ring is 1. The van der Waals surface area contributed by atoms with Gasteiger partial charge in [-0.3, -0.25) is 9.59 Å². The fourth-order valence-corrected chi connectivity index (χ4v) is 4.54. The standard InChI is InChI=1S/C28H33N5O3/c1-2-32-17-9-4-10-18-33(28(35)25-26(29)31-16-15-30-25)22(19-21-11-5-3-6-12-21)20-36-24-14-8-7-13-23(24)27(32)34/h3,5-8,11-16,22H,2,4,9-10,17-20H2,1H3,(H2,29,31)/t22-/m0/s1. The summed E-state index contributed by atoms with van der Waals surface area (Å²) in [6.45, 7) is 4.01. The Morgan fingerprint density at radius 2 is 1.72 bits per heavy atom. The van der Waals surface area contributed by atoms with Gasteiger partial charge in [-0.05, 0) is 50.3 Å². The Hall–Kier alpha value is -3.94. The predicted molar refractivity (Wildman–Crippen MR) is 139 cm³/mol. The maximum absolute atomic E-state index is 13.7. The minimum Gasteiger partial charge on any atom is -0.491 e. The summed E-state index contributed by atoms with van der Waals surface area (Å²) >= 11 is 0. The highest BCUT2D eigenvalue weighted by Gasteiger charge is 2.29. The number of nitrogens with two attached hydrogens (primary N) is 1. The third-order valence-electron chi connectivity index (χ3n) is 6.49. The average Bonchev–Trinajstić information content (AvgIpc) is 2.92. The van der Waals surface area contributed by atoms with E-state index in [1.165, 1.54) is 12.4 Å². The van der Waals surface area contributed by atoms with Gasteiger partial charge in [0.1, 0.15) is 12.4 Å². The summed E-state index contributed by atoms with van der Waals surface area (Å²) in [6, 6.07) is 17.0. The van der Waals surface area contributed by atoms with E-state index >= 15 is 0 Å². The van der Waals surface area contributed by atoms with Gasteiger partial charge in [-0.25, -0.2) is 9.97 Å². The first-order valence-electron chi connectivity index (χ1n) is 12.5. The second kappa shape index (κ2) is 12.2. The summed E-state index contributed by atoms with van der Waals surface area (Å²) in [6.07, 6.45) is 6.06. The van der Waals surface area contributed by atoms with Gasteiger partial charge in [0, 0.05) is 32.0 Å². The molecule has 1 aromatic heterocycles. The van der Waals surface area contributed by atoms with Gasteiger partial charge >= 0.3 is 0 Å². The molecule has 0 saturated carbocycles. The summed E-state index contributed by atoms with van der Waals surface area (Å²) in [4.78, 5) is 39.0. The van der Waals surface area contributed by atoms with E-state index in [0.717, 1.165) is 24.8 Å². The molecule has 1 aliphatic rings. The minimum absolute atomic E-state index is 0.0350. The van der Waals surface area contributed by atoms with Crippen LogP contribution in [0.5, 0.6) is 5.75 Å². The van der Waals surface area contributed by atoms with Crippen LogP contribution in [0.1, 0.15) is 52.6 Å². The second-order valence-electron chi connectivity index (χ2n) is 8.88. The van der Waals surface area contributed by atoms with Crippen molar-refractivity contribution < 1.29 is 14.3 Å². The number of rotatable bonds is 4. The largest absolute Gasteiger partial charge is 0.491 e. The Morgan fingerprint density at radius 3 is 2.50 bits per heavy atom. The number of fused-ring (bicyclic) bond motifs is 1. The molecule has 2 aromatic carbocycles. The lowest BCUT2D eigenvalue weighted by atomic mass is 10.0. The van der Waals surface area contributed by atoms with Gasteiger partial charge in [-0.1, -0.05) is 42.5 Å². The molecule has 3 aromatic rings. The maximum atomic E-state index is 13.7. The molecule has 0 radical (unpaired) electrons. The number of benzene rings is 2. The van der Waals surface area contributed by atoms with Crippen molar-refractivity contribution in [2.24, 2.45) is 0 Å². The van der Waals surface area contributed by atoms with E-state index in [9.17, 15) is 9.59 Å². The molecule has 2 N–H and O–H groups in total. The van der Waals surface area contributed by atoms with Gasteiger partial charge in [0.15, 0.2) is 11.5 Å². The van der Waals surface area contributed by atoms with Crippen LogP contribution in [-0.2, 0) is 6.42 Å². The van der Waals surface area contributed by atoms with E-state index in [1.807, 2.05) is 65.3 Å². The van der Waals surface area contributed by atoms with Gasteiger partial charge in [0.25, 0.3) is 11.8 Å². The van der Waals surface area contributed by atoms with E-state index in [0.29, 0.717) is 37.4 Å². The van der Waals surface area contributed by atoms with Crippen molar-refractivity contribution in [3.8, 4) is 5.75 Å². The number of hydrogen-bond acceptors (Lipinski definition) is 6. The van der Waals surface area contributed by atoms with Gasteiger partial charge < -0.3 is 20.3 Å². The number of carbonyl (C=O) groups excluding carboxylic acids is 2. The van der Waals surface area contributed by atoms with Crippen LogP contribution in [0.25, 0.3) is 0 Å². The summed E-state index contributed by atoms with van der Waals surface area (Å²) in [5.74, 6) is 0.329. The molecule has 36 heavy (non-hydrogen) atoms. The van der Waals surface area contributed by atoms with Crippen molar-refractivity contribution in [1.29, 1.82) is 0 Å². The number of carbonyl (C=O) groups is 2. The molecule has 8 nitrogen and oxygen atoms in total. The van der Waals surface area contributed by atoms with Gasteiger partial charge in [-0.2, -0.15) is 0 Å². The molecule has 2 heterocycles. The third kappa shape index (κ3) is 6.00. The van der Waals surface area contributed by atoms with Gasteiger partial charge in [-0.15, -0.1) is 0 Å².